The highest BCUT2D eigenvalue weighted by Crippen LogP contribution is 2.34. The summed E-state index contributed by atoms with van der Waals surface area (Å²) in [5.74, 6) is 2.19. The third-order valence-corrected chi connectivity index (χ3v) is 6.67. The monoisotopic (exact) mass is 391 g/mol. The van der Waals surface area contributed by atoms with E-state index in [9.17, 15) is 9.59 Å². The number of hydrogen-bond donors (Lipinski definition) is 1. The van der Waals surface area contributed by atoms with Crippen LogP contribution in [0.2, 0.25) is 0 Å². The van der Waals surface area contributed by atoms with Crippen LogP contribution >= 0.6 is 23.1 Å². The Bertz CT molecular complexity index is 885. The Balaban J connectivity index is 1.56. The molecule has 0 fully saturated rings. The summed E-state index contributed by atoms with van der Waals surface area (Å²) in [6.45, 7) is 9.11. The summed E-state index contributed by atoms with van der Waals surface area (Å²) in [4.78, 5) is 36.2. The van der Waals surface area contributed by atoms with Gasteiger partial charge in [0.25, 0.3) is 5.56 Å². The molecule has 0 saturated carbocycles. The van der Waals surface area contributed by atoms with Gasteiger partial charge >= 0.3 is 0 Å². The molecule has 140 valence electrons. The lowest BCUT2D eigenvalue weighted by atomic mass is 10.2. The first-order valence-electron chi connectivity index (χ1n) is 9.03. The Kier molecular flexibility index (Phi) is 6.19. The molecule has 1 amide bonds. The van der Waals surface area contributed by atoms with Crippen LogP contribution in [0.1, 0.15) is 43.0 Å². The van der Waals surface area contributed by atoms with Gasteiger partial charge in [-0.25, -0.2) is 4.98 Å². The second-order valence-electron chi connectivity index (χ2n) is 6.72. The van der Waals surface area contributed by atoms with Crippen LogP contribution in [0.3, 0.4) is 0 Å². The van der Waals surface area contributed by atoms with Gasteiger partial charge in [-0.2, -0.15) is 11.8 Å². The number of amides is 1. The van der Waals surface area contributed by atoms with Crippen LogP contribution in [-0.4, -0.2) is 39.6 Å². The van der Waals surface area contributed by atoms with Gasteiger partial charge in [-0.1, -0.05) is 12.2 Å². The minimum Gasteiger partial charge on any atom is -0.339 e. The number of carbonyl (C=O) groups excluding carboxylic acids is 1. The van der Waals surface area contributed by atoms with Crippen molar-refractivity contribution in [3.8, 4) is 0 Å². The fraction of sp³-hybridized carbons (Fsp3) is 0.526. The molecule has 1 aliphatic rings. The lowest BCUT2D eigenvalue weighted by molar-refractivity contribution is -0.130. The summed E-state index contributed by atoms with van der Waals surface area (Å²) >= 11 is 3.29. The van der Waals surface area contributed by atoms with E-state index in [1.165, 1.54) is 10.4 Å². The lowest BCUT2D eigenvalue weighted by Gasteiger charge is -2.20. The molecule has 1 N–H and O–H groups in total. The predicted molar refractivity (Wildman–Crippen MR) is 110 cm³/mol. The van der Waals surface area contributed by atoms with E-state index in [0.29, 0.717) is 36.8 Å². The van der Waals surface area contributed by atoms with Gasteiger partial charge < -0.3 is 9.88 Å². The van der Waals surface area contributed by atoms with E-state index >= 15 is 0 Å². The molecular weight excluding hydrogens is 366 g/mol. The molecule has 0 aliphatic heterocycles. The van der Waals surface area contributed by atoms with Crippen molar-refractivity contribution in [2.75, 3.05) is 18.8 Å². The van der Waals surface area contributed by atoms with E-state index < -0.39 is 0 Å². The van der Waals surface area contributed by atoms with E-state index in [1.54, 1.807) is 23.1 Å². The summed E-state index contributed by atoms with van der Waals surface area (Å²) < 4.78 is 0. The molecule has 0 atom stereocenters. The Morgan fingerprint density at radius 1 is 1.42 bits per heavy atom. The summed E-state index contributed by atoms with van der Waals surface area (Å²) in [5, 5.41) is 0.796. The quantitative estimate of drug-likeness (QED) is 0.552. The van der Waals surface area contributed by atoms with Crippen molar-refractivity contribution in [2.45, 2.75) is 45.3 Å². The van der Waals surface area contributed by atoms with Gasteiger partial charge in [0.2, 0.25) is 5.91 Å². The third-order valence-electron chi connectivity index (χ3n) is 4.52. The number of aromatic nitrogens is 2. The normalized spacial score (nSPS) is 13.2. The molecule has 2 aromatic heterocycles. The van der Waals surface area contributed by atoms with E-state index in [1.807, 2.05) is 18.7 Å². The molecule has 3 rings (SSSR count). The Labute approximate surface area is 161 Å². The summed E-state index contributed by atoms with van der Waals surface area (Å²) in [7, 11) is 0. The van der Waals surface area contributed by atoms with Crippen molar-refractivity contribution < 1.29 is 4.79 Å². The molecule has 1 aliphatic carbocycles. The largest absolute Gasteiger partial charge is 0.339 e. The fourth-order valence-corrected chi connectivity index (χ4v) is 5.38. The Hall–Kier alpha value is -1.60. The van der Waals surface area contributed by atoms with Gasteiger partial charge in [0.05, 0.1) is 11.1 Å². The summed E-state index contributed by atoms with van der Waals surface area (Å²) in [6, 6.07) is 0. The van der Waals surface area contributed by atoms with Crippen LogP contribution in [0.25, 0.3) is 10.2 Å². The summed E-state index contributed by atoms with van der Waals surface area (Å²) in [6.07, 6.45) is 3.70. The minimum atomic E-state index is -0.0142. The SMILES string of the molecule is C=C(C)CN(CC)C(=O)CCSCc1nc2sc3c(c2c(=O)[nH]1)CCC3. The van der Waals surface area contributed by atoms with Crippen molar-refractivity contribution in [2.24, 2.45) is 0 Å². The standard InChI is InChI=1S/C19H25N3O2S2/c1-4-22(10-12(2)3)16(23)8-9-25-11-15-20-18(24)17-13-6-5-7-14(13)26-19(17)21-15/h2,4-11H2,1,3H3,(H,20,21,24). The molecule has 2 aromatic rings. The van der Waals surface area contributed by atoms with Crippen molar-refractivity contribution in [3.63, 3.8) is 0 Å². The van der Waals surface area contributed by atoms with Crippen molar-refractivity contribution >= 4 is 39.2 Å². The number of H-pyrrole nitrogens is 1. The Morgan fingerprint density at radius 3 is 2.96 bits per heavy atom. The molecule has 0 bridgehead atoms. The predicted octanol–water partition coefficient (Wildman–Crippen LogP) is 3.52. The molecule has 7 heteroatoms. The van der Waals surface area contributed by atoms with Gasteiger partial charge in [0.15, 0.2) is 0 Å². The minimum absolute atomic E-state index is 0.0142. The second-order valence-corrected chi connectivity index (χ2v) is 8.91. The van der Waals surface area contributed by atoms with E-state index in [0.717, 1.165) is 35.1 Å². The zero-order chi connectivity index (χ0) is 18.7. The van der Waals surface area contributed by atoms with Crippen molar-refractivity contribution in [3.05, 3.63) is 38.8 Å². The number of aromatic amines is 1. The van der Waals surface area contributed by atoms with Crippen LogP contribution in [0.5, 0.6) is 0 Å². The summed E-state index contributed by atoms with van der Waals surface area (Å²) in [5.41, 5.74) is 2.19. The highest BCUT2D eigenvalue weighted by atomic mass is 32.2. The number of thioether (sulfide) groups is 1. The maximum atomic E-state index is 12.4. The van der Waals surface area contributed by atoms with Crippen LogP contribution < -0.4 is 5.56 Å². The van der Waals surface area contributed by atoms with Crippen LogP contribution in [0, 0.1) is 0 Å². The third kappa shape index (κ3) is 4.20. The average molecular weight is 392 g/mol. The maximum Gasteiger partial charge on any atom is 0.259 e. The maximum absolute atomic E-state index is 12.4. The molecule has 2 heterocycles. The number of rotatable bonds is 8. The first kappa shape index (κ1) is 19.2. The molecule has 0 unspecified atom stereocenters. The first-order valence-corrected chi connectivity index (χ1v) is 11.0. The van der Waals surface area contributed by atoms with Crippen molar-refractivity contribution in [1.82, 2.24) is 14.9 Å². The van der Waals surface area contributed by atoms with Gasteiger partial charge in [0.1, 0.15) is 10.7 Å². The van der Waals surface area contributed by atoms with Gasteiger partial charge in [-0.05, 0) is 38.7 Å². The zero-order valence-corrected chi connectivity index (χ0v) is 17.0. The van der Waals surface area contributed by atoms with Crippen LogP contribution in [0.4, 0.5) is 0 Å². The number of nitrogens with zero attached hydrogens (tertiary/aromatic N) is 2. The number of likely N-dealkylation sites (N-methyl/N-ethyl adjacent to an activating group) is 1. The van der Waals surface area contributed by atoms with E-state index in [2.05, 4.69) is 16.5 Å². The fourth-order valence-electron chi connectivity index (χ4n) is 3.30. The highest BCUT2D eigenvalue weighted by Gasteiger charge is 2.21. The molecule has 5 nitrogen and oxygen atoms in total. The number of carbonyl (C=O) groups is 1. The van der Waals surface area contributed by atoms with Crippen LogP contribution in [0.15, 0.2) is 16.9 Å². The smallest absolute Gasteiger partial charge is 0.259 e. The average Bonchev–Trinajstić information content (AvgIpc) is 3.16. The topological polar surface area (TPSA) is 66.1 Å². The van der Waals surface area contributed by atoms with E-state index in [4.69, 9.17) is 0 Å². The number of hydrogen-bond acceptors (Lipinski definition) is 5. The molecule has 0 radical (unpaired) electrons. The number of nitrogens with one attached hydrogen (secondary N) is 1. The van der Waals surface area contributed by atoms with Crippen LogP contribution in [-0.2, 0) is 23.4 Å². The number of fused-ring (bicyclic) bond motifs is 3. The number of thiophene rings is 1. The molecule has 0 aromatic carbocycles. The lowest BCUT2D eigenvalue weighted by Crippen LogP contribution is -2.32. The second kappa shape index (κ2) is 8.39. The van der Waals surface area contributed by atoms with Gasteiger partial charge in [-0.15, -0.1) is 11.3 Å². The molecular formula is C19H25N3O2S2. The number of aryl methyl sites for hydroxylation is 2. The molecule has 0 spiro atoms. The highest BCUT2D eigenvalue weighted by molar-refractivity contribution is 7.98. The molecule has 26 heavy (non-hydrogen) atoms. The van der Waals surface area contributed by atoms with Gasteiger partial charge in [0, 0.05) is 30.1 Å². The molecule has 0 saturated heterocycles. The van der Waals surface area contributed by atoms with Crippen molar-refractivity contribution in [1.29, 1.82) is 0 Å². The van der Waals surface area contributed by atoms with E-state index in [-0.39, 0.29) is 11.5 Å². The van der Waals surface area contributed by atoms with Gasteiger partial charge in [-0.3, -0.25) is 9.59 Å². The zero-order valence-electron chi connectivity index (χ0n) is 15.4. The first-order chi connectivity index (χ1) is 12.5. The Morgan fingerprint density at radius 2 is 2.23 bits per heavy atom.